The molecule has 1 fully saturated rings. The van der Waals surface area contributed by atoms with E-state index in [1.54, 1.807) is 20.8 Å². The molecule has 1 heterocycles. The first-order valence-corrected chi connectivity index (χ1v) is 20.8. The van der Waals surface area contributed by atoms with Gasteiger partial charge in [-0.3, -0.25) is 28.8 Å². The van der Waals surface area contributed by atoms with Gasteiger partial charge in [0.25, 0.3) is 0 Å². The van der Waals surface area contributed by atoms with E-state index in [0.717, 1.165) is 12.8 Å². The first-order valence-electron chi connectivity index (χ1n) is 20.8. The molecular formula is C40H69NO19. The number of aliphatic carboxylic acids is 4. The largest absolute Gasteiger partial charge is 0.481 e. The lowest BCUT2D eigenvalue weighted by atomic mass is 9.87. The van der Waals surface area contributed by atoms with Gasteiger partial charge in [0.1, 0.15) is 30.5 Å². The van der Waals surface area contributed by atoms with E-state index in [0.29, 0.717) is 44.9 Å². The van der Waals surface area contributed by atoms with Crippen LogP contribution >= 0.6 is 0 Å². The number of aliphatic hydroxyl groups is 6. The Labute approximate surface area is 350 Å². The lowest BCUT2D eigenvalue weighted by molar-refractivity contribution is -0.318. The highest BCUT2D eigenvalue weighted by molar-refractivity contribution is 5.83. The van der Waals surface area contributed by atoms with Gasteiger partial charge in [-0.15, -0.1) is 0 Å². The van der Waals surface area contributed by atoms with Crippen LogP contribution < -0.4 is 5.32 Å². The highest BCUT2D eigenvalue weighted by Gasteiger charge is 2.48. The normalized spacial score (nSPS) is 23.8. The lowest BCUT2D eigenvalue weighted by Gasteiger charge is -2.42. The van der Waals surface area contributed by atoms with Crippen LogP contribution in [0.2, 0.25) is 0 Å². The minimum Gasteiger partial charge on any atom is -0.481 e. The second-order valence-electron chi connectivity index (χ2n) is 16.4. The molecule has 0 aromatic carbocycles. The van der Waals surface area contributed by atoms with E-state index in [4.69, 9.17) is 24.4 Å². The summed E-state index contributed by atoms with van der Waals surface area (Å²) in [7, 11) is 0. The average Bonchev–Trinajstić information content (AvgIpc) is 3.15. The topological polar surface area (TPSA) is 344 Å². The molecule has 0 bridgehead atoms. The quantitative estimate of drug-likeness (QED) is 0.0332. The highest BCUT2D eigenvalue weighted by atomic mass is 16.7. The molecule has 11 N–H and O–H groups in total. The fourth-order valence-electron chi connectivity index (χ4n) is 7.13. The third-order valence-corrected chi connectivity index (χ3v) is 10.9. The molecule has 0 amide bonds. The smallest absolute Gasteiger partial charge is 0.307 e. The number of aliphatic hydroxyl groups excluding tert-OH is 5. The molecule has 20 heteroatoms. The molecule has 0 aliphatic carbocycles. The first-order chi connectivity index (χ1) is 28.0. The van der Waals surface area contributed by atoms with E-state index in [2.05, 4.69) is 5.32 Å². The van der Waals surface area contributed by atoms with Gasteiger partial charge in [-0.2, -0.15) is 0 Å². The summed E-state index contributed by atoms with van der Waals surface area (Å²) in [5, 5.41) is 102. The summed E-state index contributed by atoms with van der Waals surface area (Å²) in [5.41, 5.74) is 0. The standard InChI is InChI=1S/C40H69NO19/c1-5-6-11-23(3)36(60-34(50)19-26(39(55)56)17-32(47)48)30(59-33(49)18-25(38(53)54)16-31(45)46)15-22(2)14-27(42)12-9-7-8-10-13-28(43)24(4)41-21-40(57)37(52)35(51)29(44)20-58-40/h22-30,35-37,41-44,51-52,57H,5-21H2,1-4H3,(H,45,46)(H,47,48)(H,53,54)(H,55,56)/t22-,23+,24-,25+,26+,27?,28-,29+,30-,35+,36+,37-,40-/m0/s1. The maximum atomic E-state index is 13.1. The van der Waals surface area contributed by atoms with Gasteiger partial charge < -0.3 is 70.6 Å². The van der Waals surface area contributed by atoms with Gasteiger partial charge in [-0.25, -0.2) is 0 Å². The maximum Gasteiger partial charge on any atom is 0.307 e. The number of carboxylic acids is 4. The van der Waals surface area contributed by atoms with Gasteiger partial charge >= 0.3 is 35.8 Å². The number of carboxylic acid groups (broad SMARTS) is 4. The molecule has 20 nitrogen and oxygen atoms in total. The molecule has 1 aliphatic rings. The van der Waals surface area contributed by atoms with Gasteiger partial charge in [-0.1, -0.05) is 59.3 Å². The molecule has 0 spiro atoms. The number of ether oxygens (including phenoxy) is 3. The number of unbranched alkanes of at least 4 members (excludes halogenated alkanes) is 4. The van der Waals surface area contributed by atoms with Crippen molar-refractivity contribution in [2.24, 2.45) is 23.7 Å². The van der Waals surface area contributed by atoms with E-state index >= 15 is 0 Å². The molecule has 1 saturated heterocycles. The van der Waals surface area contributed by atoms with Crippen molar-refractivity contribution in [1.82, 2.24) is 5.32 Å². The Balaban J connectivity index is 2.91. The number of hydrogen-bond acceptors (Lipinski definition) is 16. The zero-order valence-corrected chi connectivity index (χ0v) is 35.1. The zero-order valence-electron chi connectivity index (χ0n) is 35.1. The SMILES string of the molecule is CCCC[C@@H](C)[C@@H](OC(=O)C[C@@H](CC(=O)O)C(=O)O)[C@H](C[C@@H](C)CC(O)CCCCCC[C@H](O)[C@H](C)NC[C@]1(O)OC[C@@H](O)[C@@H](O)[C@@H]1O)OC(=O)C[C@@H](CC(=O)O)C(=O)O. The summed E-state index contributed by atoms with van der Waals surface area (Å²) >= 11 is 0. The van der Waals surface area contributed by atoms with Crippen LogP contribution in [-0.4, -0.2) is 155 Å². The van der Waals surface area contributed by atoms with E-state index in [9.17, 15) is 69.6 Å². The minimum absolute atomic E-state index is 0.0144. The maximum absolute atomic E-state index is 13.1. The molecule has 60 heavy (non-hydrogen) atoms. The van der Waals surface area contributed by atoms with Gasteiger partial charge in [0.05, 0.1) is 62.9 Å². The Morgan fingerprint density at radius 2 is 1.27 bits per heavy atom. The van der Waals surface area contributed by atoms with Crippen LogP contribution in [0.15, 0.2) is 0 Å². The van der Waals surface area contributed by atoms with Crippen LogP contribution in [0.5, 0.6) is 0 Å². The van der Waals surface area contributed by atoms with Gasteiger partial charge in [0.2, 0.25) is 5.79 Å². The Kier molecular flexibility index (Phi) is 24.9. The molecule has 348 valence electrons. The zero-order chi connectivity index (χ0) is 45.7. The van der Waals surface area contributed by atoms with Crippen LogP contribution in [0.3, 0.4) is 0 Å². The van der Waals surface area contributed by atoms with Crippen molar-refractivity contribution in [3.05, 3.63) is 0 Å². The van der Waals surface area contributed by atoms with Crippen LogP contribution in [0.4, 0.5) is 0 Å². The number of esters is 2. The average molecular weight is 868 g/mol. The highest BCUT2D eigenvalue weighted by Crippen LogP contribution is 2.29. The molecule has 0 aromatic rings. The Hall–Kier alpha value is -3.50. The fourth-order valence-corrected chi connectivity index (χ4v) is 7.13. The molecule has 0 radical (unpaired) electrons. The summed E-state index contributed by atoms with van der Waals surface area (Å²) in [5.74, 6) is -14.3. The van der Waals surface area contributed by atoms with Crippen LogP contribution in [0.25, 0.3) is 0 Å². The summed E-state index contributed by atoms with van der Waals surface area (Å²) in [4.78, 5) is 72.1. The van der Waals surface area contributed by atoms with Crippen molar-refractivity contribution in [3.63, 3.8) is 0 Å². The first kappa shape index (κ1) is 54.5. The molecular weight excluding hydrogens is 798 g/mol. The van der Waals surface area contributed by atoms with Crippen LogP contribution in [-0.2, 0) is 43.0 Å². The second-order valence-corrected chi connectivity index (χ2v) is 16.4. The van der Waals surface area contributed by atoms with Gasteiger partial charge in [-0.05, 0) is 50.9 Å². The Morgan fingerprint density at radius 1 is 0.733 bits per heavy atom. The fraction of sp³-hybridized carbons (Fsp3) is 0.850. The molecule has 1 aliphatic heterocycles. The van der Waals surface area contributed by atoms with E-state index in [1.165, 1.54) is 0 Å². The molecule has 13 atom stereocenters. The van der Waals surface area contributed by atoms with Crippen molar-refractivity contribution in [2.75, 3.05) is 13.2 Å². The number of carbonyl (C=O) groups excluding carboxylic acids is 2. The van der Waals surface area contributed by atoms with E-state index in [-0.39, 0.29) is 31.9 Å². The van der Waals surface area contributed by atoms with Crippen molar-refractivity contribution in [1.29, 1.82) is 0 Å². The Morgan fingerprint density at radius 3 is 1.78 bits per heavy atom. The van der Waals surface area contributed by atoms with Crippen molar-refractivity contribution in [3.8, 4) is 0 Å². The van der Waals surface area contributed by atoms with Crippen molar-refractivity contribution in [2.45, 2.75) is 179 Å². The van der Waals surface area contributed by atoms with Gasteiger partial charge in [0.15, 0.2) is 0 Å². The van der Waals surface area contributed by atoms with E-state index in [1.807, 2.05) is 6.92 Å². The molecule has 0 saturated carbocycles. The van der Waals surface area contributed by atoms with Crippen LogP contribution in [0.1, 0.15) is 124 Å². The predicted octanol–water partition coefficient (Wildman–Crippen LogP) is 1.03. The molecule has 1 rings (SSSR count). The molecule has 1 unspecified atom stereocenters. The lowest BCUT2D eigenvalue weighted by Crippen LogP contribution is -2.65. The Bertz CT molecular complexity index is 1350. The third-order valence-electron chi connectivity index (χ3n) is 10.9. The van der Waals surface area contributed by atoms with Crippen molar-refractivity contribution < 1.29 is 94.0 Å². The summed E-state index contributed by atoms with van der Waals surface area (Å²) in [6.45, 7) is 6.40. The van der Waals surface area contributed by atoms with E-state index < -0.39 is 134 Å². The number of hydrogen-bond donors (Lipinski definition) is 11. The van der Waals surface area contributed by atoms with Crippen LogP contribution in [0, 0.1) is 23.7 Å². The number of carbonyl (C=O) groups is 6. The second kappa shape index (κ2) is 27.4. The van der Waals surface area contributed by atoms with Crippen molar-refractivity contribution >= 4 is 35.8 Å². The molecule has 0 aromatic heterocycles. The summed E-state index contributed by atoms with van der Waals surface area (Å²) in [6, 6.07) is -0.514. The number of rotatable bonds is 32. The van der Waals surface area contributed by atoms with Gasteiger partial charge in [0, 0.05) is 6.04 Å². The third kappa shape index (κ3) is 20.4. The summed E-state index contributed by atoms with van der Waals surface area (Å²) in [6.07, 6.45) is -6.39. The summed E-state index contributed by atoms with van der Waals surface area (Å²) < 4.78 is 16.6. The number of nitrogens with one attached hydrogen (secondary N) is 1. The monoisotopic (exact) mass is 867 g/mol. The predicted molar refractivity (Wildman–Crippen MR) is 209 cm³/mol. The minimum atomic E-state index is -2.15.